The van der Waals surface area contributed by atoms with Crippen LogP contribution in [0.1, 0.15) is 75.2 Å². The van der Waals surface area contributed by atoms with Crippen LogP contribution >= 0.6 is 22.9 Å². The van der Waals surface area contributed by atoms with E-state index in [0.717, 1.165) is 54.9 Å². The first-order valence-electron chi connectivity index (χ1n) is 11.5. The van der Waals surface area contributed by atoms with Crippen LogP contribution < -0.4 is 15.8 Å². The van der Waals surface area contributed by atoms with Crippen LogP contribution in [0.3, 0.4) is 0 Å². The van der Waals surface area contributed by atoms with Crippen molar-refractivity contribution in [2.75, 3.05) is 0 Å². The second kappa shape index (κ2) is 9.38. The van der Waals surface area contributed by atoms with Gasteiger partial charge in [0.15, 0.2) is 4.88 Å². The number of benzene rings is 1. The van der Waals surface area contributed by atoms with Crippen molar-refractivity contribution in [3.05, 3.63) is 56.6 Å². The van der Waals surface area contributed by atoms with Crippen LogP contribution in [0.25, 0.3) is 5.69 Å². The summed E-state index contributed by atoms with van der Waals surface area (Å²) in [6.07, 6.45) is 6.86. The molecule has 34 heavy (non-hydrogen) atoms. The summed E-state index contributed by atoms with van der Waals surface area (Å²) >= 11 is 7.32. The van der Waals surface area contributed by atoms with E-state index in [1.165, 1.54) is 11.3 Å². The van der Waals surface area contributed by atoms with Crippen LogP contribution in [0.2, 0.25) is 5.02 Å². The number of ether oxygens (including phenoxy) is 1. The highest BCUT2D eigenvalue weighted by Gasteiger charge is 2.32. The van der Waals surface area contributed by atoms with Crippen LogP contribution in [-0.4, -0.2) is 38.7 Å². The Labute approximate surface area is 206 Å². The lowest BCUT2D eigenvalue weighted by Crippen LogP contribution is -2.40. The summed E-state index contributed by atoms with van der Waals surface area (Å²) in [6, 6.07) is 7.38. The second-order valence-corrected chi connectivity index (χ2v) is 10.4. The van der Waals surface area contributed by atoms with Crippen LogP contribution in [0.5, 0.6) is 5.88 Å². The Kier molecular flexibility index (Phi) is 6.31. The quantitative estimate of drug-likeness (QED) is 0.500. The molecule has 2 amide bonds. The van der Waals surface area contributed by atoms with E-state index in [4.69, 9.17) is 22.1 Å². The number of aromatic nitrogens is 3. The van der Waals surface area contributed by atoms with Crippen molar-refractivity contribution in [1.82, 2.24) is 20.1 Å². The molecule has 3 N–H and O–H groups in total. The molecule has 0 saturated heterocycles. The average Bonchev–Trinajstić information content (AvgIpc) is 3.47. The molecule has 5 rings (SSSR count). The van der Waals surface area contributed by atoms with Gasteiger partial charge in [0, 0.05) is 17.0 Å². The Morgan fingerprint density at radius 3 is 2.50 bits per heavy atom. The number of amides is 2. The summed E-state index contributed by atoms with van der Waals surface area (Å²) in [5.41, 5.74) is 7.70. The Balaban J connectivity index is 1.17. The van der Waals surface area contributed by atoms with E-state index < -0.39 is 5.91 Å². The number of carbonyl (C=O) groups is 2. The number of hydrogen-bond donors (Lipinski definition) is 2. The molecule has 0 bridgehead atoms. The molecule has 0 atom stereocenters. The Morgan fingerprint density at radius 1 is 1.15 bits per heavy atom. The molecule has 178 valence electrons. The molecule has 2 aliphatic rings. The number of carbonyl (C=O) groups excluding carboxylic acids is 2. The maximum atomic E-state index is 12.9. The van der Waals surface area contributed by atoms with Gasteiger partial charge < -0.3 is 15.8 Å². The maximum absolute atomic E-state index is 12.9. The minimum Gasteiger partial charge on any atom is -0.473 e. The van der Waals surface area contributed by atoms with E-state index in [1.54, 1.807) is 23.0 Å². The Hall–Kier alpha value is -2.91. The minimum absolute atomic E-state index is 0.0465. The van der Waals surface area contributed by atoms with Gasteiger partial charge >= 0.3 is 0 Å². The molecule has 2 fully saturated rings. The molecule has 1 aromatic carbocycles. The van der Waals surface area contributed by atoms with Gasteiger partial charge in [0.2, 0.25) is 5.88 Å². The lowest BCUT2D eigenvalue weighted by Gasteiger charge is -2.29. The topological polar surface area (TPSA) is 112 Å². The lowest BCUT2D eigenvalue weighted by atomic mass is 9.92. The standard InChI is InChI=1S/C24H26ClN5O3S/c1-13-19(12-27-30(13)17-8-4-15(25)5-9-17)22(32)28-16-6-10-18(11-7-16)33-23-20(21(26)31)34-24(29-23)14-2-3-14/h4-5,8-9,12,14,16,18H,2-3,6-7,10-11H2,1H3,(H2,26,31)(H,28,32). The summed E-state index contributed by atoms with van der Waals surface area (Å²) in [7, 11) is 0. The SMILES string of the molecule is Cc1c(C(=O)NC2CCC(Oc3nc(C4CC4)sc3C(N)=O)CC2)cnn1-c1ccc(Cl)cc1. The van der Waals surface area contributed by atoms with Crippen molar-refractivity contribution >= 4 is 34.8 Å². The zero-order chi connectivity index (χ0) is 23.8. The average molecular weight is 500 g/mol. The molecule has 0 unspecified atom stereocenters. The van der Waals surface area contributed by atoms with E-state index >= 15 is 0 Å². The zero-order valence-corrected chi connectivity index (χ0v) is 20.4. The zero-order valence-electron chi connectivity index (χ0n) is 18.8. The van der Waals surface area contributed by atoms with Crippen molar-refractivity contribution in [3.63, 3.8) is 0 Å². The van der Waals surface area contributed by atoms with Gasteiger partial charge in [-0.05, 0) is 69.7 Å². The Bertz CT molecular complexity index is 1210. The molecule has 2 aromatic heterocycles. The number of hydrogen-bond acceptors (Lipinski definition) is 6. The number of thiazole rings is 1. The highest BCUT2D eigenvalue weighted by atomic mass is 35.5. The smallest absolute Gasteiger partial charge is 0.264 e. The Morgan fingerprint density at radius 2 is 1.85 bits per heavy atom. The monoisotopic (exact) mass is 499 g/mol. The van der Waals surface area contributed by atoms with Gasteiger partial charge in [-0.3, -0.25) is 9.59 Å². The van der Waals surface area contributed by atoms with Crippen LogP contribution in [0.15, 0.2) is 30.5 Å². The van der Waals surface area contributed by atoms with Crippen molar-refractivity contribution in [1.29, 1.82) is 0 Å². The number of rotatable bonds is 7. The normalized spacial score (nSPS) is 20.2. The highest BCUT2D eigenvalue weighted by Crippen LogP contribution is 2.44. The molecule has 0 spiro atoms. The molecule has 0 aliphatic heterocycles. The third kappa shape index (κ3) is 4.81. The number of primary amides is 1. The summed E-state index contributed by atoms with van der Waals surface area (Å²) in [4.78, 5) is 29.7. The number of nitrogens with zero attached hydrogens (tertiary/aromatic N) is 3. The molecule has 10 heteroatoms. The summed E-state index contributed by atoms with van der Waals surface area (Å²) in [5.74, 6) is 0.192. The van der Waals surface area contributed by atoms with Crippen LogP contribution in [0.4, 0.5) is 0 Å². The number of nitrogens with two attached hydrogens (primary N) is 1. The van der Waals surface area contributed by atoms with E-state index in [9.17, 15) is 9.59 Å². The van der Waals surface area contributed by atoms with Crippen molar-refractivity contribution < 1.29 is 14.3 Å². The van der Waals surface area contributed by atoms with E-state index in [-0.39, 0.29) is 18.1 Å². The van der Waals surface area contributed by atoms with Gasteiger partial charge in [-0.1, -0.05) is 11.6 Å². The van der Waals surface area contributed by atoms with Gasteiger partial charge in [0.1, 0.15) is 11.1 Å². The van der Waals surface area contributed by atoms with Crippen molar-refractivity contribution in [3.8, 4) is 11.6 Å². The first kappa shape index (κ1) is 22.9. The third-order valence-corrected chi connectivity index (χ3v) is 7.84. The van der Waals surface area contributed by atoms with Gasteiger partial charge in [-0.2, -0.15) is 5.10 Å². The van der Waals surface area contributed by atoms with Gasteiger partial charge in [0.05, 0.1) is 23.1 Å². The lowest BCUT2D eigenvalue weighted by molar-refractivity contribution is 0.0882. The maximum Gasteiger partial charge on any atom is 0.264 e. The highest BCUT2D eigenvalue weighted by molar-refractivity contribution is 7.14. The molecule has 3 aromatic rings. The molecule has 0 radical (unpaired) electrons. The van der Waals surface area contributed by atoms with Crippen LogP contribution in [-0.2, 0) is 0 Å². The predicted molar refractivity (Wildman–Crippen MR) is 130 cm³/mol. The van der Waals surface area contributed by atoms with Gasteiger partial charge in [-0.15, -0.1) is 11.3 Å². The summed E-state index contributed by atoms with van der Waals surface area (Å²) in [5, 5.41) is 9.11. The molecule has 2 saturated carbocycles. The van der Waals surface area contributed by atoms with Gasteiger partial charge in [0.25, 0.3) is 11.8 Å². The van der Waals surface area contributed by atoms with E-state index in [1.807, 2.05) is 19.1 Å². The summed E-state index contributed by atoms with van der Waals surface area (Å²) < 4.78 is 7.82. The molecule has 2 aliphatic carbocycles. The summed E-state index contributed by atoms with van der Waals surface area (Å²) in [6.45, 7) is 1.88. The minimum atomic E-state index is -0.491. The van der Waals surface area contributed by atoms with Crippen molar-refractivity contribution in [2.24, 2.45) is 5.73 Å². The number of nitrogens with one attached hydrogen (secondary N) is 1. The van der Waals surface area contributed by atoms with E-state index in [0.29, 0.717) is 27.3 Å². The van der Waals surface area contributed by atoms with Crippen LogP contribution in [0, 0.1) is 6.92 Å². The first-order chi connectivity index (χ1) is 16.4. The fourth-order valence-electron chi connectivity index (χ4n) is 4.28. The molecular weight excluding hydrogens is 474 g/mol. The third-order valence-electron chi connectivity index (χ3n) is 6.38. The number of halogens is 1. The largest absolute Gasteiger partial charge is 0.473 e. The van der Waals surface area contributed by atoms with E-state index in [2.05, 4.69) is 15.4 Å². The van der Waals surface area contributed by atoms with Crippen molar-refractivity contribution in [2.45, 2.75) is 63.5 Å². The molecule has 8 nitrogen and oxygen atoms in total. The second-order valence-electron chi connectivity index (χ2n) is 8.92. The fraction of sp³-hybridized carbons (Fsp3) is 0.417. The first-order valence-corrected chi connectivity index (χ1v) is 12.7. The molecular formula is C24H26ClN5O3S. The molecule has 2 heterocycles. The van der Waals surface area contributed by atoms with Gasteiger partial charge in [-0.25, -0.2) is 9.67 Å². The fourth-order valence-corrected chi connectivity index (χ4v) is 5.43. The predicted octanol–water partition coefficient (Wildman–Crippen LogP) is 4.39.